The molecule has 0 saturated heterocycles. The highest BCUT2D eigenvalue weighted by molar-refractivity contribution is 14.1. The van der Waals surface area contributed by atoms with Crippen LogP contribution in [0.1, 0.15) is 16.5 Å². The SMILES string of the molecule is OC(Cc1ccc(I)cc1)c1cc2ccccc2s1. The molecule has 1 nitrogen and oxygen atoms in total. The second kappa shape index (κ2) is 5.61. The van der Waals surface area contributed by atoms with E-state index in [4.69, 9.17) is 0 Å². The highest BCUT2D eigenvalue weighted by Crippen LogP contribution is 2.31. The van der Waals surface area contributed by atoms with Crippen LogP contribution in [0.5, 0.6) is 0 Å². The molecule has 0 aliphatic carbocycles. The van der Waals surface area contributed by atoms with Crippen LogP contribution in [-0.2, 0) is 6.42 Å². The molecule has 96 valence electrons. The topological polar surface area (TPSA) is 20.2 Å². The van der Waals surface area contributed by atoms with Crippen molar-refractivity contribution in [2.45, 2.75) is 12.5 Å². The summed E-state index contributed by atoms with van der Waals surface area (Å²) in [5.41, 5.74) is 1.17. The van der Waals surface area contributed by atoms with Crippen molar-refractivity contribution in [1.29, 1.82) is 0 Å². The predicted molar refractivity (Wildman–Crippen MR) is 89.6 cm³/mol. The van der Waals surface area contributed by atoms with Crippen LogP contribution in [0.2, 0.25) is 0 Å². The second-order valence-corrected chi connectivity index (χ2v) is 6.89. The Hall–Kier alpha value is -0.910. The van der Waals surface area contributed by atoms with Crippen LogP contribution in [0.25, 0.3) is 10.1 Å². The number of hydrogen-bond donors (Lipinski definition) is 1. The maximum atomic E-state index is 10.4. The molecule has 0 aliphatic heterocycles. The molecule has 0 aliphatic rings. The minimum atomic E-state index is -0.419. The molecule has 3 heteroatoms. The van der Waals surface area contributed by atoms with Gasteiger partial charge >= 0.3 is 0 Å². The molecule has 3 aromatic rings. The summed E-state index contributed by atoms with van der Waals surface area (Å²) in [5, 5.41) is 11.6. The molecular formula is C16H13IOS. The van der Waals surface area contributed by atoms with Crippen LogP contribution < -0.4 is 0 Å². The third-order valence-corrected chi connectivity index (χ3v) is 5.05. The first-order chi connectivity index (χ1) is 9.22. The van der Waals surface area contributed by atoms with Crippen LogP contribution in [0.4, 0.5) is 0 Å². The minimum Gasteiger partial charge on any atom is -0.387 e. The van der Waals surface area contributed by atoms with Crippen molar-refractivity contribution in [1.82, 2.24) is 0 Å². The Bertz CT molecular complexity index is 654. The second-order valence-electron chi connectivity index (χ2n) is 4.53. The summed E-state index contributed by atoms with van der Waals surface area (Å²) in [6, 6.07) is 18.7. The van der Waals surface area contributed by atoms with Crippen molar-refractivity contribution in [3.05, 3.63) is 68.6 Å². The Kier molecular flexibility index (Phi) is 3.86. The molecule has 1 N–H and O–H groups in total. The first kappa shape index (κ1) is 13.1. The molecule has 0 bridgehead atoms. The van der Waals surface area contributed by atoms with Gasteiger partial charge in [-0.1, -0.05) is 30.3 Å². The van der Waals surface area contributed by atoms with Gasteiger partial charge in [-0.25, -0.2) is 0 Å². The quantitative estimate of drug-likeness (QED) is 0.649. The molecule has 1 atom stereocenters. The van der Waals surface area contributed by atoms with E-state index < -0.39 is 6.10 Å². The van der Waals surface area contributed by atoms with E-state index in [0.29, 0.717) is 6.42 Å². The molecule has 0 amide bonds. The molecule has 0 radical (unpaired) electrons. The number of benzene rings is 2. The van der Waals surface area contributed by atoms with E-state index in [0.717, 1.165) is 4.88 Å². The zero-order valence-corrected chi connectivity index (χ0v) is 13.2. The Balaban J connectivity index is 1.83. The summed E-state index contributed by atoms with van der Waals surface area (Å²) in [4.78, 5) is 1.04. The minimum absolute atomic E-state index is 0.419. The van der Waals surface area contributed by atoms with Gasteiger partial charge in [0.2, 0.25) is 0 Å². The van der Waals surface area contributed by atoms with Gasteiger partial charge in [-0.3, -0.25) is 0 Å². The maximum absolute atomic E-state index is 10.4. The fourth-order valence-corrected chi connectivity index (χ4v) is 3.52. The van der Waals surface area contributed by atoms with Crippen LogP contribution in [0, 0.1) is 3.57 Å². The van der Waals surface area contributed by atoms with Crippen LogP contribution in [0.3, 0.4) is 0 Å². The Labute approximate surface area is 130 Å². The zero-order chi connectivity index (χ0) is 13.2. The lowest BCUT2D eigenvalue weighted by molar-refractivity contribution is 0.182. The molecule has 0 saturated carbocycles. The van der Waals surface area contributed by atoms with Gasteiger partial charge in [0.1, 0.15) is 0 Å². The lowest BCUT2D eigenvalue weighted by Gasteiger charge is -2.08. The Morgan fingerprint density at radius 2 is 1.79 bits per heavy atom. The number of halogens is 1. The normalized spacial score (nSPS) is 12.7. The molecule has 0 fully saturated rings. The van der Waals surface area contributed by atoms with Crippen LogP contribution >= 0.6 is 33.9 Å². The maximum Gasteiger partial charge on any atom is 0.0922 e. The number of hydrogen-bond acceptors (Lipinski definition) is 2. The number of thiophene rings is 1. The highest BCUT2D eigenvalue weighted by Gasteiger charge is 2.12. The average molecular weight is 380 g/mol. The van der Waals surface area contributed by atoms with Crippen molar-refractivity contribution < 1.29 is 5.11 Å². The van der Waals surface area contributed by atoms with E-state index in [9.17, 15) is 5.11 Å². The molecule has 1 aromatic heterocycles. The van der Waals surface area contributed by atoms with Crippen molar-refractivity contribution in [2.75, 3.05) is 0 Å². The summed E-state index contributed by atoms with van der Waals surface area (Å²) in [6.45, 7) is 0. The fourth-order valence-electron chi connectivity index (χ4n) is 2.11. The summed E-state index contributed by atoms with van der Waals surface area (Å²) < 4.78 is 2.46. The Morgan fingerprint density at radius 1 is 1.05 bits per heavy atom. The molecule has 19 heavy (non-hydrogen) atoms. The largest absolute Gasteiger partial charge is 0.387 e. The molecule has 0 spiro atoms. The van der Waals surface area contributed by atoms with Crippen molar-refractivity contribution >= 4 is 44.0 Å². The van der Waals surface area contributed by atoms with E-state index in [1.807, 2.05) is 12.1 Å². The van der Waals surface area contributed by atoms with E-state index >= 15 is 0 Å². The van der Waals surface area contributed by atoms with E-state index in [2.05, 4.69) is 65.1 Å². The third-order valence-electron chi connectivity index (χ3n) is 3.12. The molecular weight excluding hydrogens is 367 g/mol. The predicted octanol–water partition coefficient (Wildman–Crippen LogP) is 4.78. The number of aliphatic hydroxyl groups is 1. The lowest BCUT2D eigenvalue weighted by Crippen LogP contribution is -1.99. The van der Waals surface area contributed by atoms with Gasteiger partial charge in [0, 0.05) is 19.6 Å². The summed E-state index contributed by atoms with van der Waals surface area (Å²) in [5.74, 6) is 0. The summed E-state index contributed by atoms with van der Waals surface area (Å²) in [7, 11) is 0. The number of rotatable bonds is 3. The first-order valence-corrected chi connectivity index (χ1v) is 8.03. The average Bonchev–Trinajstić information content (AvgIpc) is 2.85. The van der Waals surface area contributed by atoms with Gasteiger partial charge in [0.15, 0.2) is 0 Å². The lowest BCUT2D eigenvalue weighted by atomic mass is 10.1. The van der Waals surface area contributed by atoms with Crippen LogP contribution in [-0.4, -0.2) is 5.11 Å². The number of aliphatic hydroxyl groups excluding tert-OH is 1. The van der Waals surface area contributed by atoms with Gasteiger partial charge < -0.3 is 5.11 Å². The molecule has 3 rings (SSSR count). The van der Waals surface area contributed by atoms with E-state index in [1.54, 1.807) is 11.3 Å². The molecule has 1 unspecified atom stereocenters. The van der Waals surface area contributed by atoms with Crippen molar-refractivity contribution in [3.8, 4) is 0 Å². The molecule has 1 heterocycles. The van der Waals surface area contributed by atoms with Crippen molar-refractivity contribution in [3.63, 3.8) is 0 Å². The van der Waals surface area contributed by atoms with Gasteiger partial charge in [0.25, 0.3) is 0 Å². The van der Waals surface area contributed by atoms with Gasteiger partial charge in [-0.05, 0) is 57.8 Å². The standard InChI is InChI=1S/C16H13IOS/c17-13-7-5-11(6-8-13)9-14(18)16-10-12-3-1-2-4-15(12)19-16/h1-8,10,14,18H,9H2. The smallest absolute Gasteiger partial charge is 0.0922 e. The van der Waals surface area contributed by atoms with Gasteiger partial charge in [-0.15, -0.1) is 11.3 Å². The van der Waals surface area contributed by atoms with E-state index in [-0.39, 0.29) is 0 Å². The summed E-state index contributed by atoms with van der Waals surface area (Å²) in [6.07, 6.45) is 0.251. The van der Waals surface area contributed by atoms with Crippen molar-refractivity contribution in [2.24, 2.45) is 0 Å². The van der Waals surface area contributed by atoms with Gasteiger partial charge in [-0.2, -0.15) is 0 Å². The fraction of sp³-hybridized carbons (Fsp3) is 0.125. The Morgan fingerprint density at radius 3 is 2.53 bits per heavy atom. The molecule has 2 aromatic carbocycles. The zero-order valence-electron chi connectivity index (χ0n) is 10.2. The van der Waals surface area contributed by atoms with Crippen LogP contribution in [0.15, 0.2) is 54.6 Å². The highest BCUT2D eigenvalue weighted by atomic mass is 127. The monoisotopic (exact) mass is 380 g/mol. The third kappa shape index (κ3) is 2.99. The summed E-state index contributed by atoms with van der Waals surface area (Å²) >= 11 is 3.97. The van der Waals surface area contributed by atoms with Gasteiger partial charge in [0.05, 0.1) is 6.10 Å². The first-order valence-electron chi connectivity index (χ1n) is 6.13. The number of fused-ring (bicyclic) bond motifs is 1. The van der Waals surface area contributed by atoms with E-state index in [1.165, 1.54) is 19.2 Å².